The van der Waals surface area contributed by atoms with Crippen LogP contribution in [0.1, 0.15) is 22.8 Å². The molecule has 9 nitrogen and oxygen atoms in total. The zero-order chi connectivity index (χ0) is 21.5. The van der Waals surface area contributed by atoms with Crippen molar-refractivity contribution < 1.29 is 19.2 Å². The molecule has 30 heavy (non-hydrogen) atoms. The second-order valence-electron chi connectivity index (χ2n) is 6.05. The van der Waals surface area contributed by atoms with Crippen LogP contribution in [0.4, 0.5) is 11.5 Å². The summed E-state index contributed by atoms with van der Waals surface area (Å²) in [6.07, 6.45) is 3.98. The van der Waals surface area contributed by atoms with Crippen LogP contribution in [0.2, 0.25) is 0 Å². The Morgan fingerprint density at radius 3 is 2.67 bits per heavy atom. The van der Waals surface area contributed by atoms with Crippen LogP contribution in [0.15, 0.2) is 66.9 Å². The lowest BCUT2D eigenvalue weighted by Crippen LogP contribution is -2.16. The quantitative estimate of drug-likeness (QED) is 0.277. The minimum atomic E-state index is -0.613. The Morgan fingerprint density at radius 2 is 1.97 bits per heavy atom. The van der Waals surface area contributed by atoms with E-state index < -0.39 is 16.8 Å². The standard InChI is InChI=1S/C21H18N4O5/c1-2-30-21(27)18-14-22-24(16-8-4-3-5-9-16)20(18)23-19(26)12-11-15-7-6-10-17(13-15)25(28)29/h3-14H,2H2,1H3,(H,23,26)/b12-11+. The second-order valence-corrected chi connectivity index (χ2v) is 6.05. The van der Waals surface area contributed by atoms with Gasteiger partial charge in [0.2, 0.25) is 5.91 Å². The van der Waals surface area contributed by atoms with Crippen molar-refractivity contribution in [2.45, 2.75) is 6.92 Å². The average Bonchev–Trinajstić information content (AvgIpc) is 3.16. The average molecular weight is 406 g/mol. The van der Waals surface area contributed by atoms with Gasteiger partial charge >= 0.3 is 5.97 Å². The van der Waals surface area contributed by atoms with Gasteiger partial charge in [-0.05, 0) is 30.7 Å². The van der Waals surface area contributed by atoms with Gasteiger partial charge in [-0.25, -0.2) is 9.48 Å². The number of carbonyl (C=O) groups is 2. The SMILES string of the molecule is CCOC(=O)c1cnn(-c2ccccc2)c1NC(=O)/C=C/c1cccc([N+](=O)[O-])c1. The van der Waals surface area contributed by atoms with Crippen LogP contribution in [0.25, 0.3) is 11.8 Å². The van der Waals surface area contributed by atoms with Gasteiger partial charge in [-0.15, -0.1) is 0 Å². The zero-order valence-corrected chi connectivity index (χ0v) is 16.0. The summed E-state index contributed by atoms with van der Waals surface area (Å²) in [5.41, 5.74) is 1.16. The number of nitro groups is 1. The fourth-order valence-corrected chi connectivity index (χ4v) is 2.66. The number of carbonyl (C=O) groups excluding carboxylic acids is 2. The summed E-state index contributed by atoms with van der Waals surface area (Å²) in [7, 11) is 0. The molecule has 0 aliphatic rings. The van der Waals surface area contributed by atoms with Gasteiger partial charge in [0.15, 0.2) is 5.82 Å². The van der Waals surface area contributed by atoms with Crippen molar-refractivity contribution in [3.8, 4) is 5.69 Å². The van der Waals surface area contributed by atoms with E-state index in [0.29, 0.717) is 11.3 Å². The van der Waals surface area contributed by atoms with Crippen molar-refractivity contribution in [2.75, 3.05) is 11.9 Å². The minimum absolute atomic E-state index is 0.0793. The molecule has 3 aromatic rings. The number of para-hydroxylation sites is 1. The molecule has 152 valence electrons. The molecule has 0 atom stereocenters. The highest BCUT2D eigenvalue weighted by Crippen LogP contribution is 2.21. The summed E-state index contributed by atoms with van der Waals surface area (Å²) in [6.45, 7) is 1.86. The Labute approximate surface area is 171 Å². The smallest absolute Gasteiger partial charge is 0.343 e. The number of nitrogens with zero attached hydrogens (tertiary/aromatic N) is 3. The molecule has 0 aliphatic carbocycles. The number of hydrogen-bond donors (Lipinski definition) is 1. The van der Waals surface area contributed by atoms with E-state index in [1.807, 2.05) is 6.07 Å². The van der Waals surface area contributed by atoms with Gasteiger partial charge in [-0.3, -0.25) is 14.9 Å². The number of nitro benzene ring substituents is 1. The molecule has 0 fully saturated rings. The van der Waals surface area contributed by atoms with Gasteiger partial charge < -0.3 is 10.1 Å². The number of non-ortho nitro benzene ring substituents is 1. The lowest BCUT2D eigenvalue weighted by atomic mass is 10.2. The summed E-state index contributed by atoms with van der Waals surface area (Å²) in [6, 6.07) is 14.9. The molecule has 0 saturated heterocycles. The van der Waals surface area contributed by atoms with Gasteiger partial charge in [-0.1, -0.05) is 30.3 Å². The number of nitrogens with one attached hydrogen (secondary N) is 1. The third-order valence-electron chi connectivity index (χ3n) is 4.02. The monoisotopic (exact) mass is 406 g/mol. The largest absolute Gasteiger partial charge is 0.462 e. The minimum Gasteiger partial charge on any atom is -0.462 e. The van der Waals surface area contributed by atoms with Crippen molar-refractivity contribution in [2.24, 2.45) is 0 Å². The lowest BCUT2D eigenvalue weighted by Gasteiger charge is -2.09. The van der Waals surface area contributed by atoms with E-state index >= 15 is 0 Å². The predicted octanol–water partition coefficient (Wildman–Crippen LogP) is 3.61. The number of rotatable bonds is 7. The number of ether oxygens (including phenoxy) is 1. The number of anilines is 1. The third-order valence-corrected chi connectivity index (χ3v) is 4.02. The van der Waals surface area contributed by atoms with Gasteiger partial charge in [0.05, 0.1) is 23.4 Å². The van der Waals surface area contributed by atoms with E-state index in [9.17, 15) is 19.7 Å². The Hall–Kier alpha value is -4.27. The van der Waals surface area contributed by atoms with Crippen LogP contribution < -0.4 is 5.32 Å². The van der Waals surface area contributed by atoms with E-state index in [0.717, 1.165) is 0 Å². The summed E-state index contributed by atoms with van der Waals surface area (Å²) >= 11 is 0. The fourth-order valence-electron chi connectivity index (χ4n) is 2.66. The molecule has 2 aromatic carbocycles. The maximum Gasteiger partial charge on any atom is 0.343 e. The van der Waals surface area contributed by atoms with Crippen LogP contribution in [-0.2, 0) is 9.53 Å². The maximum atomic E-state index is 12.5. The molecule has 3 rings (SSSR count). The highest BCUT2D eigenvalue weighted by atomic mass is 16.6. The number of amides is 1. The van der Waals surface area contributed by atoms with Gasteiger partial charge in [0.25, 0.3) is 5.69 Å². The zero-order valence-electron chi connectivity index (χ0n) is 16.0. The third kappa shape index (κ3) is 4.76. The number of hydrogen-bond acceptors (Lipinski definition) is 6. The summed E-state index contributed by atoms with van der Waals surface area (Å²) in [4.78, 5) is 35.1. The molecular weight excluding hydrogens is 388 g/mol. The van der Waals surface area contributed by atoms with Crippen LogP contribution in [0.5, 0.6) is 0 Å². The van der Waals surface area contributed by atoms with Crippen LogP contribution in [-0.4, -0.2) is 33.2 Å². The normalized spacial score (nSPS) is 10.7. The molecule has 0 spiro atoms. The highest BCUT2D eigenvalue weighted by molar-refractivity contribution is 6.05. The van der Waals surface area contributed by atoms with Crippen LogP contribution in [0.3, 0.4) is 0 Å². The van der Waals surface area contributed by atoms with Crippen molar-refractivity contribution in [3.63, 3.8) is 0 Å². The molecule has 1 amide bonds. The highest BCUT2D eigenvalue weighted by Gasteiger charge is 2.20. The van der Waals surface area contributed by atoms with E-state index in [1.165, 1.54) is 41.2 Å². The Morgan fingerprint density at radius 1 is 1.20 bits per heavy atom. The van der Waals surface area contributed by atoms with Crippen LogP contribution in [0, 0.1) is 10.1 Å². The van der Waals surface area contributed by atoms with E-state index in [1.54, 1.807) is 37.3 Å². The lowest BCUT2D eigenvalue weighted by molar-refractivity contribution is -0.384. The van der Waals surface area contributed by atoms with E-state index in [-0.39, 0.29) is 23.7 Å². The first-order chi connectivity index (χ1) is 14.5. The van der Waals surface area contributed by atoms with E-state index in [4.69, 9.17) is 4.74 Å². The Balaban J connectivity index is 1.88. The molecule has 0 unspecified atom stereocenters. The topological polar surface area (TPSA) is 116 Å². The molecule has 0 saturated carbocycles. The van der Waals surface area contributed by atoms with Crippen LogP contribution >= 0.6 is 0 Å². The van der Waals surface area contributed by atoms with Crippen molar-refractivity contribution in [1.82, 2.24) is 9.78 Å². The van der Waals surface area contributed by atoms with Gasteiger partial charge in [-0.2, -0.15) is 5.10 Å². The fraction of sp³-hybridized carbons (Fsp3) is 0.0952. The molecule has 9 heteroatoms. The Bertz CT molecular complexity index is 1110. The molecule has 1 aromatic heterocycles. The first-order valence-corrected chi connectivity index (χ1v) is 9.03. The molecule has 1 N–H and O–H groups in total. The molecular formula is C21H18N4O5. The maximum absolute atomic E-state index is 12.5. The molecule has 0 aliphatic heterocycles. The summed E-state index contributed by atoms with van der Waals surface area (Å²) in [5, 5.41) is 17.7. The number of aromatic nitrogens is 2. The molecule has 0 radical (unpaired) electrons. The van der Waals surface area contributed by atoms with Gasteiger partial charge in [0.1, 0.15) is 5.56 Å². The van der Waals surface area contributed by atoms with Crippen molar-refractivity contribution in [3.05, 3.63) is 88.1 Å². The van der Waals surface area contributed by atoms with E-state index in [2.05, 4.69) is 10.4 Å². The molecule has 1 heterocycles. The van der Waals surface area contributed by atoms with Crippen molar-refractivity contribution in [1.29, 1.82) is 0 Å². The van der Waals surface area contributed by atoms with Crippen molar-refractivity contribution >= 4 is 29.5 Å². The number of benzene rings is 2. The Kier molecular flexibility index (Phi) is 6.33. The predicted molar refractivity (Wildman–Crippen MR) is 110 cm³/mol. The first-order valence-electron chi connectivity index (χ1n) is 9.03. The second kappa shape index (κ2) is 9.28. The summed E-state index contributed by atoms with van der Waals surface area (Å²) < 4.78 is 6.46. The number of esters is 1. The summed E-state index contributed by atoms with van der Waals surface area (Å²) in [5.74, 6) is -0.990. The first kappa shape index (κ1) is 20.5. The molecule has 0 bridgehead atoms. The van der Waals surface area contributed by atoms with Gasteiger partial charge in [0, 0.05) is 18.2 Å².